The van der Waals surface area contributed by atoms with Gasteiger partial charge in [0.2, 0.25) is 5.54 Å². The quantitative estimate of drug-likeness (QED) is 0.577. The van der Waals surface area contributed by atoms with E-state index < -0.39 is 11.5 Å². The molecule has 4 nitrogen and oxygen atoms in total. The Kier molecular flexibility index (Phi) is 2.30. The van der Waals surface area contributed by atoms with Crippen LogP contribution in [0.4, 0.5) is 0 Å². The number of carbonyl (C=O) groups is 1. The van der Waals surface area contributed by atoms with Gasteiger partial charge in [0.1, 0.15) is 11.7 Å². The van der Waals surface area contributed by atoms with Crippen LogP contribution in [0.15, 0.2) is 30.3 Å². The summed E-state index contributed by atoms with van der Waals surface area (Å²) in [6.07, 6.45) is 0. The van der Waals surface area contributed by atoms with Gasteiger partial charge in [-0.1, -0.05) is 30.3 Å². The van der Waals surface area contributed by atoms with Crippen molar-refractivity contribution in [3.8, 4) is 0 Å². The zero-order valence-electron chi connectivity index (χ0n) is 9.21. The summed E-state index contributed by atoms with van der Waals surface area (Å²) >= 11 is 0. The van der Waals surface area contributed by atoms with E-state index in [2.05, 4.69) is 0 Å². The molecule has 0 amide bonds. The summed E-state index contributed by atoms with van der Waals surface area (Å²) in [6.45, 7) is 2.98. The molecule has 0 aliphatic heterocycles. The lowest BCUT2D eigenvalue weighted by atomic mass is 10.1. The monoisotopic (exact) mass is 219 g/mol. The average molecular weight is 219 g/mol. The second-order valence-electron chi connectivity index (χ2n) is 4.46. The first-order chi connectivity index (χ1) is 7.49. The van der Waals surface area contributed by atoms with Gasteiger partial charge in [0.15, 0.2) is 0 Å². The SMILES string of the molecule is CC(=O)C1C(c2ccccc2)C1(C)[N+](=O)[O-]. The molecule has 3 unspecified atom stereocenters. The number of benzene rings is 1. The lowest BCUT2D eigenvalue weighted by Crippen LogP contribution is -2.22. The van der Waals surface area contributed by atoms with Crippen LogP contribution in [0.3, 0.4) is 0 Å². The summed E-state index contributed by atoms with van der Waals surface area (Å²) in [4.78, 5) is 22.1. The van der Waals surface area contributed by atoms with Crippen LogP contribution in [0.5, 0.6) is 0 Å². The first-order valence-corrected chi connectivity index (χ1v) is 5.19. The summed E-state index contributed by atoms with van der Waals surface area (Å²) < 4.78 is 0. The maximum absolute atomic E-state index is 11.4. The third kappa shape index (κ3) is 1.33. The van der Waals surface area contributed by atoms with Crippen LogP contribution in [-0.2, 0) is 4.79 Å². The Morgan fingerprint density at radius 2 is 1.94 bits per heavy atom. The molecule has 16 heavy (non-hydrogen) atoms. The molecule has 1 fully saturated rings. The number of Topliss-reactive ketones (excluding diaryl/α,β-unsaturated/α-hetero) is 1. The zero-order chi connectivity index (χ0) is 11.9. The average Bonchev–Trinajstić information content (AvgIpc) is 2.88. The van der Waals surface area contributed by atoms with Crippen LogP contribution in [0, 0.1) is 16.0 Å². The minimum atomic E-state index is -1.12. The number of nitrogens with zero attached hydrogens (tertiary/aromatic N) is 1. The molecule has 84 valence electrons. The highest BCUT2D eigenvalue weighted by atomic mass is 16.6. The van der Waals surface area contributed by atoms with Gasteiger partial charge in [0.05, 0.1) is 5.92 Å². The molecule has 0 bridgehead atoms. The first kappa shape index (κ1) is 10.8. The van der Waals surface area contributed by atoms with E-state index in [9.17, 15) is 14.9 Å². The Morgan fingerprint density at radius 3 is 2.31 bits per heavy atom. The Balaban J connectivity index is 2.37. The van der Waals surface area contributed by atoms with Gasteiger partial charge in [-0.25, -0.2) is 0 Å². The predicted octanol–water partition coefficient (Wildman–Crippen LogP) is 2.02. The van der Waals surface area contributed by atoms with Gasteiger partial charge in [-0.15, -0.1) is 0 Å². The molecule has 0 aromatic heterocycles. The highest BCUT2D eigenvalue weighted by Crippen LogP contribution is 2.59. The van der Waals surface area contributed by atoms with E-state index in [1.54, 1.807) is 6.92 Å². The molecule has 0 N–H and O–H groups in total. The third-order valence-electron chi connectivity index (χ3n) is 3.47. The third-order valence-corrected chi connectivity index (χ3v) is 3.47. The van der Waals surface area contributed by atoms with Gasteiger partial charge in [0.25, 0.3) is 0 Å². The van der Waals surface area contributed by atoms with Crippen molar-refractivity contribution in [2.24, 2.45) is 5.92 Å². The van der Waals surface area contributed by atoms with Crippen molar-refractivity contribution in [1.82, 2.24) is 0 Å². The predicted molar refractivity (Wildman–Crippen MR) is 58.8 cm³/mol. The van der Waals surface area contributed by atoms with Crippen LogP contribution in [0.1, 0.15) is 25.3 Å². The van der Waals surface area contributed by atoms with E-state index in [0.717, 1.165) is 5.56 Å². The second kappa shape index (κ2) is 3.40. The number of carbonyl (C=O) groups excluding carboxylic acids is 1. The number of nitro groups is 1. The van der Waals surface area contributed by atoms with Gasteiger partial charge in [-0.05, 0) is 12.5 Å². The molecule has 0 saturated heterocycles. The van der Waals surface area contributed by atoms with E-state index in [1.807, 2.05) is 30.3 Å². The number of hydrogen-bond donors (Lipinski definition) is 0. The standard InChI is InChI=1S/C12H13NO3/c1-8(14)10-11(12(10,2)13(15)16)9-6-4-3-5-7-9/h3-7,10-11H,1-2H3. The molecule has 1 saturated carbocycles. The zero-order valence-corrected chi connectivity index (χ0v) is 9.21. The molecule has 0 heterocycles. The van der Waals surface area contributed by atoms with E-state index in [-0.39, 0.29) is 16.6 Å². The van der Waals surface area contributed by atoms with Crippen molar-refractivity contribution < 1.29 is 9.72 Å². The summed E-state index contributed by atoms with van der Waals surface area (Å²) in [7, 11) is 0. The highest BCUT2D eigenvalue weighted by molar-refractivity contribution is 5.85. The Hall–Kier alpha value is -1.71. The van der Waals surface area contributed by atoms with Crippen molar-refractivity contribution in [3.05, 3.63) is 46.0 Å². The summed E-state index contributed by atoms with van der Waals surface area (Å²) in [5, 5.41) is 11.0. The van der Waals surface area contributed by atoms with Crippen molar-refractivity contribution in [2.75, 3.05) is 0 Å². The van der Waals surface area contributed by atoms with Crippen LogP contribution in [0.2, 0.25) is 0 Å². The van der Waals surface area contributed by atoms with Gasteiger partial charge in [-0.3, -0.25) is 14.9 Å². The maximum Gasteiger partial charge on any atom is 0.237 e. The summed E-state index contributed by atoms with van der Waals surface area (Å²) in [6, 6.07) is 9.22. The fourth-order valence-corrected chi connectivity index (χ4v) is 2.56. The van der Waals surface area contributed by atoms with Crippen molar-refractivity contribution in [3.63, 3.8) is 0 Å². The van der Waals surface area contributed by atoms with Crippen LogP contribution < -0.4 is 0 Å². The lowest BCUT2D eigenvalue weighted by molar-refractivity contribution is -0.537. The normalized spacial score (nSPS) is 32.1. The minimum absolute atomic E-state index is 0.104. The van der Waals surface area contributed by atoms with E-state index in [0.29, 0.717) is 0 Å². The Bertz CT molecular complexity index is 443. The molecule has 1 aromatic carbocycles. The minimum Gasteiger partial charge on any atom is -0.299 e. The van der Waals surface area contributed by atoms with Crippen LogP contribution in [-0.4, -0.2) is 16.2 Å². The summed E-state index contributed by atoms with van der Waals surface area (Å²) in [5.74, 6) is -0.862. The Morgan fingerprint density at radius 1 is 1.38 bits per heavy atom. The largest absolute Gasteiger partial charge is 0.299 e. The molecular formula is C12H13NO3. The molecule has 3 atom stereocenters. The molecule has 1 aliphatic rings. The molecule has 0 spiro atoms. The molecule has 4 heteroatoms. The van der Waals surface area contributed by atoms with Crippen molar-refractivity contribution >= 4 is 5.78 Å². The topological polar surface area (TPSA) is 60.2 Å². The maximum atomic E-state index is 11.4. The number of ketones is 1. The first-order valence-electron chi connectivity index (χ1n) is 5.19. The molecule has 2 rings (SSSR count). The molecule has 1 aromatic rings. The lowest BCUT2D eigenvalue weighted by Gasteiger charge is -2.01. The van der Waals surface area contributed by atoms with Gasteiger partial charge < -0.3 is 0 Å². The highest BCUT2D eigenvalue weighted by Gasteiger charge is 2.74. The molecule has 0 radical (unpaired) electrons. The fraction of sp³-hybridized carbons (Fsp3) is 0.417. The smallest absolute Gasteiger partial charge is 0.237 e. The second-order valence-corrected chi connectivity index (χ2v) is 4.46. The number of hydrogen-bond acceptors (Lipinski definition) is 3. The molecule has 1 aliphatic carbocycles. The van der Waals surface area contributed by atoms with E-state index in [4.69, 9.17) is 0 Å². The molecular weight excluding hydrogens is 206 g/mol. The van der Waals surface area contributed by atoms with E-state index in [1.165, 1.54) is 6.92 Å². The van der Waals surface area contributed by atoms with Crippen LogP contribution >= 0.6 is 0 Å². The van der Waals surface area contributed by atoms with Crippen molar-refractivity contribution in [2.45, 2.75) is 25.3 Å². The van der Waals surface area contributed by atoms with Gasteiger partial charge in [-0.2, -0.15) is 0 Å². The van der Waals surface area contributed by atoms with Crippen LogP contribution in [0.25, 0.3) is 0 Å². The van der Waals surface area contributed by atoms with Crippen molar-refractivity contribution in [1.29, 1.82) is 0 Å². The summed E-state index contributed by atoms with van der Waals surface area (Å²) in [5.41, 5.74) is -0.241. The fourth-order valence-electron chi connectivity index (χ4n) is 2.56. The number of rotatable bonds is 3. The Labute approximate surface area is 93.4 Å². The van der Waals surface area contributed by atoms with Gasteiger partial charge in [0, 0.05) is 11.8 Å². The van der Waals surface area contributed by atoms with E-state index >= 15 is 0 Å². The van der Waals surface area contributed by atoms with Gasteiger partial charge >= 0.3 is 0 Å².